The Balaban J connectivity index is 1.82. The van der Waals surface area contributed by atoms with Crippen LogP contribution in [0.25, 0.3) is 10.4 Å². The lowest BCUT2D eigenvalue weighted by Crippen LogP contribution is -2.47. The molecule has 1 unspecified atom stereocenters. The smallest absolute Gasteiger partial charge is 0.0412 e. The Labute approximate surface area is 91.1 Å². The first-order chi connectivity index (χ1) is 7.35. The van der Waals surface area contributed by atoms with Crippen molar-refractivity contribution in [2.75, 3.05) is 13.1 Å². The highest BCUT2D eigenvalue weighted by Crippen LogP contribution is 2.41. The van der Waals surface area contributed by atoms with Crippen LogP contribution in [-0.4, -0.2) is 19.1 Å². The molecular weight excluding hydrogens is 188 g/mol. The van der Waals surface area contributed by atoms with Gasteiger partial charge in [-0.25, -0.2) is 0 Å². The van der Waals surface area contributed by atoms with Crippen molar-refractivity contribution in [1.29, 1.82) is 0 Å². The minimum Gasteiger partial charge on any atom is -0.313 e. The molecule has 84 valence electrons. The van der Waals surface area contributed by atoms with Crippen LogP contribution in [0.4, 0.5) is 0 Å². The van der Waals surface area contributed by atoms with E-state index in [0.717, 1.165) is 6.54 Å². The molecule has 1 aliphatic heterocycles. The van der Waals surface area contributed by atoms with Gasteiger partial charge in [-0.2, -0.15) is 0 Å². The van der Waals surface area contributed by atoms with Crippen LogP contribution in [0, 0.1) is 5.41 Å². The lowest BCUT2D eigenvalue weighted by Gasteiger charge is -2.43. The summed E-state index contributed by atoms with van der Waals surface area (Å²) in [5.74, 6) is 0. The van der Waals surface area contributed by atoms with Crippen molar-refractivity contribution in [3.63, 3.8) is 0 Å². The van der Waals surface area contributed by atoms with Crippen LogP contribution in [0.1, 0.15) is 44.9 Å². The summed E-state index contributed by atoms with van der Waals surface area (Å²) >= 11 is 0. The first-order valence-corrected chi connectivity index (χ1v) is 6.09. The topological polar surface area (TPSA) is 60.8 Å². The van der Waals surface area contributed by atoms with Gasteiger partial charge in [0.1, 0.15) is 0 Å². The quantitative estimate of drug-likeness (QED) is 0.423. The van der Waals surface area contributed by atoms with Gasteiger partial charge < -0.3 is 5.32 Å². The molecule has 1 saturated heterocycles. The normalized spacial score (nSPS) is 29.7. The first kappa shape index (κ1) is 10.8. The third-order valence-electron chi connectivity index (χ3n) is 4.07. The van der Waals surface area contributed by atoms with E-state index in [9.17, 15) is 0 Å². The predicted octanol–water partition coefficient (Wildman–Crippen LogP) is 3.00. The number of rotatable bonds is 2. The Kier molecular flexibility index (Phi) is 3.49. The van der Waals surface area contributed by atoms with E-state index in [0.29, 0.717) is 18.0 Å². The summed E-state index contributed by atoms with van der Waals surface area (Å²) in [5.41, 5.74) is 8.86. The summed E-state index contributed by atoms with van der Waals surface area (Å²) in [6, 6.07) is 0.424. The van der Waals surface area contributed by atoms with Crippen molar-refractivity contribution in [1.82, 2.24) is 5.32 Å². The van der Waals surface area contributed by atoms with Gasteiger partial charge in [-0.3, -0.25) is 0 Å². The highest BCUT2D eigenvalue weighted by molar-refractivity contribution is 4.91. The fraction of sp³-hybridized carbons (Fsp3) is 1.00. The largest absolute Gasteiger partial charge is 0.313 e. The number of nitrogens with zero attached hydrogens (tertiary/aromatic N) is 3. The zero-order valence-corrected chi connectivity index (χ0v) is 9.28. The summed E-state index contributed by atoms with van der Waals surface area (Å²) < 4.78 is 0. The lowest BCUT2D eigenvalue weighted by molar-refractivity contribution is 0.121. The van der Waals surface area contributed by atoms with E-state index in [1.165, 1.54) is 44.9 Å². The lowest BCUT2D eigenvalue weighted by atomic mass is 9.69. The Morgan fingerprint density at radius 3 is 2.67 bits per heavy atom. The summed E-state index contributed by atoms with van der Waals surface area (Å²) in [5, 5.41) is 7.20. The molecule has 1 N–H and O–H groups in total. The fourth-order valence-corrected chi connectivity index (χ4v) is 3.05. The van der Waals surface area contributed by atoms with Crippen LogP contribution >= 0.6 is 0 Å². The van der Waals surface area contributed by atoms with Gasteiger partial charge in [-0.05, 0) is 36.6 Å². The second-order valence-corrected chi connectivity index (χ2v) is 5.09. The van der Waals surface area contributed by atoms with Crippen molar-refractivity contribution < 1.29 is 0 Å². The van der Waals surface area contributed by atoms with Crippen LogP contribution in [0.15, 0.2) is 5.11 Å². The average Bonchev–Trinajstić information content (AvgIpc) is 2.30. The van der Waals surface area contributed by atoms with E-state index in [4.69, 9.17) is 5.53 Å². The van der Waals surface area contributed by atoms with Gasteiger partial charge in [0.15, 0.2) is 0 Å². The maximum Gasteiger partial charge on any atom is 0.0412 e. The van der Waals surface area contributed by atoms with Gasteiger partial charge in [0, 0.05) is 24.0 Å². The summed E-state index contributed by atoms with van der Waals surface area (Å²) in [6.45, 7) is 1.76. The van der Waals surface area contributed by atoms with E-state index in [2.05, 4.69) is 15.3 Å². The van der Waals surface area contributed by atoms with Gasteiger partial charge in [0.2, 0.25) is 0 Å². The molecule has 0 radical (unpaired) electrons. The molecule has 0 aromatic heterocycles. The van der Waals surface area contributed by atoms with Crippen LogP contribution in [0.2, 0.25) is 0 Å². The van der Waals surface area contributed by atoms with Crippen molar-refractivity contribution in [2.24, 2.45) is 10.5 Å². The highest BCUT2D eigenvalue weighted by atomic mass is 15.1. The molecule has 1 heterocycles. The second-order valence-electron chi connectivity index (χ2n) is 5.09. The van der Waals surface area contributed by atoms with Crippen LogP contribution in [0.3, 0.4) is 0 Å². The monoisotopic (exact) mass is 208 g/mol. The Hall–Kier alpha value is -0.730. The molecule has 0 aromatic rings. The molecule has 2 fully saturated rings. The van der Waals surface area contributed by atoms with Crippen molar-refractivity contribution in [2.45, 2.75) is 51.0 Å². The molecule has 0 amide bonds. The SMILES string of the molecule is [N-]=[N+]=NCC1CCC2(CCCCC2)CN1. The maximum atomic E-state index is 8.27. The zero-order valence-electron chi connectivity index (χ0n) is 9.28. The number of hydrogen-bond donors (Lipinski definition) is 1. The standard InChI is InChI=1S/C11H20N4/c12-15-14-8-10-4-7-11(9-13-10)5-2-1-3-6-11/h10,13H,1-9H2. The third-order valence-corrected chi connectivity index (χ3v) is 4.07. The van der Waals surface area contributed by atoms with Crippen LogP contribution < -0.4 is 5.32 Å². The molecule has 2 aliphatic rings. The van der Waals surface area contributed by atoms with Crippen LogP contribution in [0.5, 0.6) is 0 Å². The molecule has 1 saturated carbocycles. The number of hydrogen-bond acceptors (Lipinski definition) is 2. The van der Waals surface area contributed by atoms with E-state index in [1.54, 1.807) is 0 Å². The summed E-state index contributed by atoms with van der Waals surface area (Å²) in [7, 11) is 0. The minimum atomic E-state index is 0.424. The molecule has 0 bridgehead atoms. The highest BCUT2D eigenvalue weighted by Gasteiger charge is 2.35. The van der Waals surface area contributed by atoms with Crippen molar-refractivity contribution >= 4 is 0 Å². The van der Waals surface area contributed by atoms with Crippen molar-refractivity contribution in [3.8, 4) is 0 Å². The second kappa shape index (κ2) is 4.86. The number of nitrogens with one attached hydrogen (secondary N) is 1. The molecule has 4 heteroatoms. The molecule has 1 atom stereocenters. The van der Waals surface area contributed by atoms with Crippen molar-refractivity contribution in [3.05, 3.63) is 10.4 Å². The molecule has 0 aromatic carbocycles. The van der Waals surface area contributed by atoms with Crippen LogP contribution in [-0.2, 0) is 0 Å². The molecule has 2 rings (SSSR count). The van der Waals surface area contributed by atoms with Gasteiger partial charge in [0.05, 0.1) is 0 Å². The molecular formula is C11H20N4. The van der Waals surface area contributed by atoms with E-state index in [-0.39, 0.29) is 0 Å². The Morgan fingerprint density at radius 2 is 2.07 bits per heavy atom. The molecule has 1 spiro atoms. The summed E-state index contributed by atoms with van der Waals surface area (Å²) in [6.07, 6.45) is 9.53. The van der Waals surface area contributed by atoms with Gasteiger partial charge in [-0.15, -0.1) is 0 Å². The van der Waals surface area contributed by atoms with Gasteiger partial charge in [0.25, 0.3) is 0 Å². The molecule has 4 nitrogen and oxygen atoms in total. The van der Waals surface area contributed by atoms with Gasteiger partial charge in [-0.1, -0.05) is 24.4 Å². The number of azide groups is 1. The zero-order chi connectivity index (χ0) is 10.6. The first-order valence-electron chi connectivity index (χ1n) is 6.09. The average molecular weight is 208 g/mol. The van der Waals surface area contributed by atoms with E-state index >= 15 is 0 Å². The minimum absolute atomic E-state index is 0.424. The summed E-state index contributed by atoms with van der Waals surface area (Å²) in [4.78, 5) is 2.82. The Bertz CT molecular complexity index is 241. The Morgan fingerprint density at radius 1 is 1.27 bits per heavy atom. The van der Waals surface area contributed by atoms with E-state index < -0.39 is 0 Å². The predicted molar refractivity (Wildman–Crippen MR) is 60.6 cm³/mol. The van der Waals surface area contributed by atoms with E-state index in [1.807, 2.05) is 0 Å². The number of piperidine rings is 1. The fourth-order valence-electron chi connectivity index (χ4n) is 3.05. The maximum absolute atomic E-state index is 8.27. The molecule has 15 heavy (non-hydrogen) atoms. The van der Waals surface area contributed by atoms with Gasteiger partial charge >= 0.3 is 0 Å². The third kappa shape index (κ3) is 2.64. The molecule has 1 aliphatic carbocycles.